The van der Waals surface area contributed by atoms with E-state index in [1.807, 2.05) is 12.1 Å². The molecule has 0 heterocycles. The highest BCUT2D eigenvalue weighted by molar-refractivity contribution is 5.65. The lowest BCUT2D eigenvalue weighted by Gasteiger charge is -2.28. The summed E-state index contributed by atoms with van der Waals surface area (Å²) < 4.78 is 29.9. The fourth-order valence-electron chi connectivity index (χ4n) is 6.74. The summed E-state index contributed by atoms with van der Waals surface area (Å²) in [7, 11) is 0. The first-order valence-electron chi connectivity index (χ1n) is 14.8. The third-order valence-electron chi connectivity index (χ3n) is 8.98. The Bertz CT molecular complexity index is 957. The molecule has 0 unspecified atom stereocenters. The normalized spacial score (nSPS) is 24.9. The summed E-state index contributed by atoms with van der Waals surface area (Å²) in [5.41, 5.74) is 2.96. The number of allylic oxidation sites excluding steroid dienone is 2. The summed E-state index contributed by atoms with van der Waals surface area (Å²) in [6, 6.07) is 11.8. The number of halogens is 2. The lowest BCUT2D eigenvalue weighted by atomic mass is 9.77. The highest BCUT2D eigenvalue weighted by atomic mass is 19.2. The van der Waals surface area contributed by atoms with Crippen LogP contribution in [0.15, 0.2) is 48.6 Å². The van der Waals surface area contributed by atoms with Gasteiger partial charge in [0.25, 0.3) is 0 Å². The molecule has 0 radical (unpaired) electrons. The Morgan fingerprint density at radius 1 is 0.722 bits per heavy atom. The average molecular weight is 493 g/mol. The Morgan fingerprint density at radius 2 is 1.33 bits per heavy atom. The van der Waals surface area contributed by atoms with Gasteiger partial charge in [0.2, 0.25) is 0 Å². The van der Waals surface area contributed by atoms with Crippen LogP contribution in [0.5, 0.6) is 0 Å². The zero-order valence-corrected chi connectivity index (χ0v) is 22.6. The smallest absolute Gasteiger partial charge is 0.166 e. The lowest BCUT2D eigenvalue weighted by Crippen LogP contribution is -2.13. The zero-order chi connectivity index (χ0) is 25.3. The second-order valence-electron chi connectivity index (χ2n) is 11.6. The van der Waals surface area contributed by atoms with E-state index in [0.717, 1.165) is 23.8 Å². The fourth-order valence-corrected chi connectivity index (χ4v) is 6.74. The molecule has 2 aliphatic carbocycles. The van der Waals surface area contributed by atoms with Gasteiger partial charge in [-0.3, -0.25) is 0 Å². The van der Waals surface area contributed by atoms with Crippen LogP contribution in [-0.4, -0.2) is 0 Å². The van der Waals surface area contributed by atoms with Crippen molar-refractivity contribution in [3.8, 4) is 11.1 Å². The van der Waals surface area contributed by atoms with E-state index in [1.54, 1.807) is 12.1 Å². The van der Waals surface area contributed by atoms with Crippen molar-refractivity contribution in [2.45, 2.75) is 110 Å². The zero-order valence-electron chi connectivity index (χ0n) is 22.6. The third-order valence-corrected chi connectivity index (χ3v) is 8.98. The number of rotatable bonds is 10. The standard InChI is InChI=1S/C34H46F2/c1-3-7-25-11-13-27(14-12-25)9-5-6-10-31-23-24-32(34(36)33(31)35)30-21-19-29(20-22-30)28-17-15-26(8-4-2)16-18-28/h5,9,19-28H,3-4,6-8,10-18H2,1-2H3/b9-5+. The minimum Gasteiger partial charge on any atom is -0.203 e. The van der Waals surface area contributed by atoms with Crippen molar-refractivity contribution in [3.05, 3.63) is 71.3 Å². The Labute approximate surface area is 218 Å². The van der Waals surface area contributed by atoms with E-state index in [1.165, 1.54) is 82.6 Å². The Morgan fingerprint density at radius 3 is 1.94 bits per heavy atom. The molecular weight excluding hydrogens is 446 g/mol. The van der Waals surface area contributed by atoms with E-state index in [2.05, 4.69) is 38.1 Å². The van der Waals surface area contributed by atoms with Gasteiger partial charge in [0, 0.05) is 5.56 Å². The molecule has 0 spiro atoms. The second kappa shape index (κ2) is 13.5. The summed E-state index contributed by atoms with van der Waals surface area (Å²) in [5, 5.41) is 0. The largest absolute Gasteiger partial charge is 0.203 e. The van der Waals surface area contributed by atoms with E-state index in [-0.39, 0.29) is 0 Å². The van der Waals surface area contributed by atoms with Crippen molar-refractivity contribution < 1.29 is 8.78 Å². The number of hydrogen-bond donors (Lipinski definition) is 0. The van der Waals surface area contributed by atoms with E-state index in [0.29, 0.717) is 29.4 Å². The van der Waals surface area contributed by atoms with Gasteiger partial charge >= 0.3 is 0 Å². The molecule has 2 aromatic rings. The van der Waals surface area contributed by atoms with Crippen LogP contribution in [0.1, 0.15) is 114 Å². The summed E-state index contributed by atoms with van der Waals surface area (Å²) >= 11 is 0. The van der Waals surface area contributed by atoms with Gasteiger partial charge in [-0.05, 0) is 105 Å². The molecule has 2 fully saturated rings. The average Bonchev–Trinajstić information content (AvgIpc) is 2.91. The van der Waals surface area contributed by atoms with Gasteiger partial charge in [-0.25, -0.2) is 8.78 Å². The maximum Gasteiger partial charge on any atom is 0.166 e. The van der Waals surface area contributed by atoms with Crippen LogP contribution in [0.25, 0.3) is 11.1 Å². The van der Waals surface area contributed by atoms with Gasteiger partial charge in [0.05, 0.1) is 0 Å². The lowest BCUT2D eigenvalue weighted by molar-refractivity contribution is 0.294. The summed E-state index contributed by atoms with van der Waals surface area (Å²) in [5.74, 6) is 1.68. The van der Waals surface area contributed by atoms with Crippen LogP contribution in [0.2, 0.25) is 0 Å². The van der Waals surface area contributed by atoms with Crippen LogP contribution in [0.3, 0.4) is 0 Å². The molecule has 2 heteroatoms. The molecule has 196 valence electrons. The van der Waals surface area contributed by atoms with Crippen LogP contribution < -0.4 is 0 Å². The third kappa shape index (κ3) is 7.08. The van der Waals surface area contributed by atoms with Crippen molar-refractivity contribution in [2.24, 2.45) is 17.8 Å². The van der Waals surface area contributed by atoms with Crippen molar-refractivity contribution in [2.75, 3.05) is 0 Å². The van der Waals surface area contributed by atoms with Crippen molar-refractivity contribution in [1.82, 2.24) is 0 Å². The van der Waals surface area contributed by atoms with E-state index < -0.39 is 11.6 Å². The van der Waals surface area contributed by atoms with Crippen molar-refractivity contribution in [3.63, 3.8) is 0 Å². The number of aryl methyl sites for hydroxylation is 1. The number of hydrogen-bond acceptors (Lipinski definition) is 0. The van der Waals surface area contributed by atoms with Crippen LogP contribution in [0, 0.1) is 29.4 Å². The van der Waals surface area contributed by atoms with E-state index in [4.69, 9.17) is 0 Å². The minimum atomic E-state index is -0.710. The summed E-state index contributed by atoms with van der Waals surface area (Å²) in [4.78, 5) is 0. The van der Waals surface area contributed by atoms with Crippen molar-refractivity contribution >= 4 is 0 Å². The molecule has 0 bridgehead atoms. The maximum atomic E-state index is 15.0. The Balaban J connectivity index is 1.30. The molecule has 0 aliphatic heterocycles. The molecule has 0 amide bonds. The maximum absolute atomic E-state index is 15.0. The molecule has 0 saturated heterocycles. The predicted octanol–water partition coefficient (Wildman–Crippen LogP) is 10.8. The Kier molecular flexibility index (Phi) is 10.2. The Hall–Kier alpha value is -1.96. The summed E-state index contributed by atoms with van der Waals surface area (Å²) in [6.07, 6.45) is 21.5. The summed E-state index contributed by atoms with van der Waals surface area (Å²) in [6.45, 7) is 4.55. The van der Waals surface area contributed by atoms with Crippen LogP contribution in [0.4, 0.5) is 8.78 Å². The van der Waals surface area contributed by atoms with E-state index >= 15 is 4.39 Å². The molecule has 2 aromatic carbocycles. The molecule has 2 aliphatic rings. The van der Waals surface area contributed by atoms with Gasteiger partial charge in [-0.2, -0.15) is 0 Å². The van der Waals surface area contributed by atoms with Crippen molar-refractivity contribution in [1.29, 1.82) is 0 Å². The highest BCUT2D eigenvalue weighted by Crippen LogP contribution is 2.38. The monoisotopic (exact) mass is 492 g/mol. The van der Waals surface area contributed by atoms with Gasteiger partial charge in [-0.1, -0.05) is 88.1 Å². The predicted molar refractivity (Wildman–Crippen MR) is 149 cm³/mol. The molecule has 0 N–H and O–H groups in total. The first-order chi connectivity index (χ1) is 17.6. The van der Waals surface area contributed by atoms with Gasteiger partial charge < -0.3 is 0 Å². The van der Waals surface area contributed by atoms with Crippen LogP contribution in [-0.2, 0) is 6.42 Å². The first kappa shape index (κ1) is 27.1. The topological polar surface area (TPSA) is 0 Å². The molecular formula is C34H46F2. The van der Waals surface area contributed by atoms with Crippen LogP contribution >= 0.6 is 0 Å². The molecule has 0 atom stereocenters. The molecule has 4 rings (SSSR count). The van der Waals surface area contributed by atoms with Gasteiger partial charge in [0.1, 0.15) is 0 Å². The quantitative estimate of drug-likeness (QED) is 0.289. The van der Waals surface area contributed by atoms with Gasteiger partial charge in [-0.15, -0.1) is 0 Å². The molecule has 0 nitrogen and oxygen atoms in total. The number of benzene rings is 2. The minimum absolute atomic E-state index is 0.369. The van der Waals surface area contributed by atoms with E-state index in [9.17, 15) is 4.39 Å². The second-order valence-corrected chi connectivity index (χ2v) is 11.6. The first-order valence-corrected chi connectivity index (χ1v) is 14.8. The van der Waals surface area contributed by atoms with Gasteiger partial charge in [0.15, 0.2) is 11.6 Å². The molecule has 0 aromatic heterocycles. The highest BCUT2D eigenvalue weighted by Gasteiger charge is 2.22. The molecule has 2 saturated carbocycles. The molecule has 36 heavy (non-hydrogen) atoms. The SMILES string of the molecule is CCCC1CCC(/C=C/CCc2ccc(-c3ccc(C4CCC(CCC)CC4)cc3)c(F)c2F)CC1. The fraction of sp³-hybridized carbons (Fsp3) is 0.588.